The number of nitrogens with two attached hydrogens (primary N) is 1. The summed E-state index contributed by atoms with van der Waals surface area (Å²) < 4.78 is 13.5. The normalized spacial score (nSPS) is 9.69. The highest BCUT2D eigenvalue weighted by Crippen LogP contribution is 2.07. The largest absolute Gasteiger partial charge is 0.351 e. The van der Waals surface area contributed by atoms with Crippen LogP contribution in [0.4, 0.5) is 9.18 Å². The van der Waals surface area contributed by atoms with Gasteiger partial charge in [0, 0.05) is 0 Å². The fourth-order valence-corrected chi connectivity index (χ4v) is 1.00. The van der Waals surface area contributed by atoms with E-state index in [-0.39, 0.29) is 12.4 Å². The Labute approximate surface area is 80.9 Å². The maximum Gasteiger partial charge on any atom is 0.324 e. The minimum absolute atomic E-state index is 0.263. The van der Waals surface area contributed by atoms with Crippen molar-refractivity contribution in [2.24, 2.45) is 5.73 Å². The van der Waals surface area contributed by atoms with Crippen molar-refractivity contribution in [3.05, 3.63) is 35.6 Å². The fourth-order valence-electron chi connectivity index (χ4n) is 0.841. The van der Waals surface area contributed by atoms with Crippen molar-refractivity contribution >= 4 is 18.8 Å². The van der Waals surface area contributed by atoms with E-state index in [1.807, 2.05) is 0 Å². The van der Waals surface area contributed by atoms with E-state index >= 15 is 0 Å². The predicted octanol–water partition coefficient (Wildman–Crippen LogP) is 1.55. The second kappa shape index (κ2) is 4.13. The molecule has 0 spiro atoms. The van der Waals surface area contributed by atoms with Gasteiger partial charge in [0.05, 0.1) is 6.54 Å². The third-order valence-electron chi connectivity index (χ3n) is 1.50. The molecule has 2 N–H and O–H groups in total. The maximum absolute atomic E-state index is 12.5. The van der Waals surface area contributed by atoms with Crippen molar-refractivity contribution in [1.29, 1.82) is 0 Å². The molecule has 0 aliphatic heterocycles. The van der Waals surface area contributed by atoms with Crippen molar-refractivity contribution in [1.82, 2.24) is 4.31 Å². The molecule has 1 aromatic rings. The van der Waals surface area contributed by atoms with Gasteiger partial charge in [-0.05, 0) is 17.7 Å². The minimum Gasteiger partial charge on any atom is -0.351 e. The molecule has 13 heavy (non-hydrogen) atoms. The zero-order valence-electron chi connectivity index (χ0n) is 6.77. The first kappa shape index (κ1) is 9.85. The Morgan fingerprint density at radius 1 is 1.46 bits per heavy atom. The number of nitrogens with zero attached hydrogens (tertiary/aromatic N) is 1. The lowest BCUT2D eigenvalue weighted by Crippen LogP contribution is -2.27. The van der Waals surface area contributed by atoms with E-state index in [0.717, 1.165) is 9.87 Å². The summed E-state index contributed by atoms with van der Waals surface area (Å²) in [6, 6.07) is 5.14. The monoisotopic (exact) mass is 200 g/mol. The second-order valence-corrected chi connectivity index (χ2v) is 3.01. The van der Waals surface area contributed by atoms with Gasteiger partial charge in [-0.25, -0.2) is 9.18 Å². The van der Waals surface area contributed by atoms with Crippen molar-refractivity contribution in [2.45, 2.75) is 6.54 Å². The third-order valence-corrected chi connectivity index (χ3v) is 1.84. The highest BCUT2D eigenvalue weighted by Gasteiger charge is 2.04. The molecule has 0 fully saturated rings. The molecule has 0 saturated heterocycles. The van der Waals surface area contributed by atoms with Gasteiger partial charge in [0.2, 0.25) is 0 Å². The topological polar surface area (TPSA) is 46.3 Å². The molecule has 0 bridgehead atoms. The SMILES string of the molecule is NC(=O)N(S)Cc1ccc(F)cc1. The first-order valence-corrected chi connectivity index (χ1v) is 4.00. The standard InChI is InChI=1S/C8H9FN2OS/c9-7-3-1-6(2-4-7)5-11(13)8(10)12/h1-4,13H,5H2,(H2,10,12). The van der Waals surface area contributed by atoms with Crippen LogP contribution in [0.25, 0.3) is 0 Å². The fraction of sp³-hybridized carbons (Fsp3) is 0.125. The molecule has 70 valence electrons. The molecule has 0 aliphatic carbocycles. The zero-order chi connectivity index (χ0) is 9.84. The summed E-state index contributed by atoms with van der Waals surface area (Å²) in [6.07, 6.45) is 0. The maximum atomic E-state index is 12.5. The van der Waals surface area contributed by atoms with E-state index in [1.54, 1.807) is 12.1 Å². The summed E-state index contributed by atoms with van der Waals surface area (Å²) in [6.45, 7) is 0.263. The number of hydrogen-bond donors (Lipinski definition) is 2. The van der Waals surface area contributed by atoms with Gasteiger partial charge in [0.1, 0.15) is 5.82 Å². The van der Waals surface area contributed by atoms with Crippen molar-refractivity contribution in [2.75, 3.05) is 0 Å². The number of benzene rings is 1. The minimum atomic E-state index is -0.632. The molecule has 1 aromatic carbocycles. The Bertz CT molecular complexity index is 302. The van der Waals surface area contributed by atoms with Crippen LogP contribution < -0.4 is 5.73 Å². The van der Waals surface area contributed by atoms with Gasteiger partial charge in [0.25, 0.3) is 0 Å². The lowest BCUT2D eigenvalue weighted by Gasteiger charge is -2.11. The summed E-state index contributed by atoms with van der Waals surface area (Å²) in [5.41, 5.74) is 5.72. The summed E-state index contributed by atoms with van der Waals surface area (Å²) in [5.74, 6) is -0.312. The molecule has 3 nitrogen and oxygen atoms in total. The van der Waals surface area contributed by atoms with E-state index in [9.17, 15) is 9.18 Å². The van der Waals surface area contributed by atoms with E-state index in [1.165, 1.54) is 12.1 Å². The van der Waals surface area contributed by atoms with E-state index in [2.05, 4.69) is 12.8 Å². The van der Waals surface area contributed by atoms with Crippen molar-refractivity contribution < 1.29 is 9.18 Å². The van der Waals surface area contributed by atoms with Crippen LogP contribution in [0.1, 0.15) is 5.56 Å². The summed E-state index contributed by atoms with van der Waals surface area (Å²) in [4.78, 5) is 10.6. The van der Waals surface area contributed by atoms with Gasteiger partial charge in [-0.2, -0.15) is 0 Å². The van der Waals surface area contributed by atoms with Gasteiger partial charge in [-0.1, -0.05) is 24.9 Å². The Morgan fingerprint density at radius 2 is 2.00 bits per heavy atom. The number of carbonyl (C=O) groups is 1. The molecule has 0 unspecified atom stereocenters. The Kier molecular flexibility index (Phi) is 3.13. The molecule has 2 amide bonds. The van der Waals surface area contributed by atoms with Gasteiger partial charge < -0.3 is 5.73 Å². The van der Waals surface area contributed by atoms with Crippen LogP contribution >= 0.6 is 12.8 Å². The molecule has 0 atom stereocenters. The van der Waals surface area contributed by atoms with E-state index in [4.69, 9.17) is 5.73 Å². The number of amides is 2. The average molecular weight is 200 g/mol. The molecule has 0 aromatic heterocycles. The Balaban J connectivity index is 2.64. The molecule has 5 heteroatoms. The van der Waals surface area contributed by atoms with Crippen LogP contribution in [0.5, 0.6) is 0 Å². The summed E-state index contributed by atoms with van der Waals surface area (Å²) in [5, 5.41) is 0. The first-order valence-electron chi connectivity index (χ1n) is 3.60. The van der Waals surface area contributed by atoms with Gasteiger partial charge in [-0.3, -0.25) is 4.31 Å². The number of hydrogen-bond acceptors (Lipinski definition) is 2. The van der Waals surface area contributed by atoms with Crippen LogP contribution in [0, 0.1) is 5.82 Å². The molecule has 1 rings (SSSR count). The average Bonchev–Trinajstić information content (AvgIpc) is 2.08. The summed E-state index contributed by atoms with van der Waals surface area (Å²) in [7, 11) is 0. The quantitative estimate of drug-likeness (QED) is 0.699. The molecule has 0 saturated carbocycles. The number of rotatable bonds is 2. The number of primary amides is 1. The third kappa shape index (κ3) is 2.95. The van der Waals surface area contributed by atoms with E-state index < -0.39 is 6.03 Å². The van der Waals surface area contributed by atoms with Crippen molar-refractivity contribution in [3.8, 4) is 0 Å². The Hall–Kier alpha value is -1.23. The van der Waals surface area contributed by atoms with Gasteiger partial charge in [0.15, 0.2) is 0 Å². The van der Waals surface area contributed by atoms with Gasteiger partial charge >= 0.3 is 6.03 Å². The van der Waals surface area contributed by atoms with E-state index in [0.29, 0.717) is 0 Å². The van der Waals surface area contributed by atoms with Crippen LogP contribution in [-0.2, 0) is 6.54 Å². The zero-order valence-corrected chi connectivity index (χ0v) is 7.67. The highest BCUT2D eigenvalue weighted by atomic mass is 32.1. The van der Waals surface area contributed by atoms with Crippen LogP contribution in [0.3, 0.4) is 0 Å². The number of urea groups is 1. The highest BCUT2D eigenvalue weighted by molar-refractivity contribution is 7.78. The van der Waals surface area contributed by atoms with Gasteiger partial charge in [-0.15, -0.1) is 0 Å². The molecular formula is C8H9FN2OS. The van der Waals surface area contributed by atoms with Crippen LogP contribution in [0.15, 0.2) is 24.3 Å². The second-order valence-electron chi connectivity index (χ2n) is 2.52. The Morgan fingerprint density at radius 3 is 2.46 bits per heavy atom. The van der Waals surface area contributed by atoms with Crippen LogP contribution in [0.2, 0.25) is 0 Å². The predicted molar refractivity (Wildman–Crippen MR) is 50.5 cm³/mol. The van der Waals surface area contributed by atoms with Crippen LogP contribution in [-0.4, -0.2) is 10.3 Å². The molecule has 0 heterocycles. The lowest BCUT2D eigenvalue weighted by molar-refractivity contribution is 0.234. The molecule has 0 radical (unpaired) electrons. The lowest BCUT2D eigenvalue weighted by atomic mass is 10.2. The number of carbonyl (C=O) groups excluding carboxylic acids is 1. The number of thiol groups is 1. The smallest absolute Gasteiger partial charge is 0.324 e. The first-order chi connectivity index (χ1) is 6.09. The van der Waals surface area contributed by atoms with Crippen molar-refractivity contribution in [3.63, 3.8) is 0 Å². The molecular weight excluding hydrogens is 191 g/mol. The molecule has 0 aliphatic rings. The summed E-state index contributed by atoms with van der Waals surface area (Å²) >= 11 is 3.83. The number of halogens is 1.